The average molecular weight is 392 g/mol. The molecule has 4 rings (SSSR count). The summed E-state index contributed by atoms with van der Waals surface area (Å²) in [5, 5.41) is 0. The Morgan fingerprint density at radius 3 is 2.38 bits per heavy atom. The number of rotatable bonds is 4. The number of carbonyl (C=O) groups is 1. The molecule has 29 heavy (non-hydrogen) atoms. The number of aryl methyl sites for hydroxylation is 2. The van der Waals surface area contributed by atoms with Gasteiger partial charge in [0.25, 0.3) is 0 Å². The Morgan fingerprint density at radius 1 is 1.00 bits per heavy atom. The van der Waals surface area contributed by atoms with E-state index in [-0.39, 0.29) is 23.7 Å². The molecule has 0 aromatic heterocycles. The van der Waals surface area contributed by atoms with Gasteiger partial charge in [-0.1, -0.05) is 35.9 Å². The lowest BCUT2D eigenvalue weighted by Crippen LogP contribution is -2.02. The van der Waals surface area contributed by atoms with Crippen molar-refractivity contribution in [2.75, 3.05) is 0 Å². The molecule has 1 heterocycles. The molecule has 0 radical (unpaired) electrons. The third-order valence-electron chi connectivity index (χ3n) is 4.76. The number of fused-ring (bicyclic) bond motifs is 1. The van der Waals surface area contributed by atoms with E-state index in [2.05, 4.69) is 0 Å². The predicted octanol–water partition coefficient (Wildman–Crippen LogP) is 5.78. The van der Waals surface area contributed by atoms with E-state index in [1.165, 1.54) is 18.2 Å². The fraction of sp³-hybridized carbons (Fsp3) is 0.125. The van der Waals surface area contributed by atoms with Crippen molar-refractivity contribution in [1.82, 2.24) is 0 Å². The number of hydrogen-bond acceptors (Lipinski definition) is 3. The van der Waals surface area contributed by atoms with Gasteiger partial charge >= 0.3 is 0 Å². The Balaban J connectivity index is 1.58. The Morgan fingerprint density at radius 2 is 1.69 bits per heavy atom. The molecule has 0 N–H and O–H groups in total. The molecule has 0 spiro atoms. The molecule has 0 aliphatic carbocycles. The number of carbonyl (C=O) groups excluding carboxylic acids is 1. The molecule has 0 amide bonds. The number of ketones is 1. The highest BCUT2D eigenvalue weighted by molar-refractivity contribution is 6.15. The fourth-order valence-corrected chi connectivity index (χ4v) is 3.20. The zero-order valence-corrected chi connectivity index (χ0v) is 16.0. The molecule has 5 heteroatoms. The van der Waals surface area contributed by atoms with E-state index in [1.807, 2.05) is 31.2 Å². The van der Waals surface area contributed by atoms with E-state index in [0.717, 1.165) is 11.1 Å². The van der Waals surface area contributed by atoms with Crippen LogP contribution in [-0.4, -0.2) is 5.78 Å². The second-order valence-electron chi connectivity index (χ2n) is 6.95. The maximum absolute atomic E-state index is 13.8. The number of hydrogen-bond donors (Lipinski definition) is 0. The maximum Gasteiger partial charge on any atom is 0.232 e. The molecule has 0 bridgehead atoms. The number of ether oxygens (including phenoxy) is 2. The zero-order chi connectivity index (χ0) is 20.5. The van der Waals surface area contributed by atoms with Crippen molar-refractivity contribution >= 4 is 11.9 Å². The van der Waals surface area contributed by atoms with Crippen molar-refractivity contribution in [3.8, 4) is 11.5 Å². The molecule has 0 unspecified atom stereocenters. The van der Waals surface area contributed by atoms with E-state index >= 15 is 0 Å². The first-order valence-electron chi connectivity index (χ1n) is 9.13. The van der Waals surface area contributed by atoms with Crippen LogP contribution in [0, 0.1) is 25.5 Å². The van der Waals surface area contributed by atoms with E-state index in [4.69, 9.17) is 9.47 Å². The normalized spacial score (nSPS) is 14.1. The quantitative estimate of drug-likeness (QED) is 0.528. The summed E-state index contributed by atoms with van der Waals surface area (Å²) in [4.78, 5) is 12.7. The standard InChI is InChI=1S/C24H18F2O3/c1-14-6-8-16(9-7-14)11-22-24(27)23-15(2)10-17(12-21(23)29-22)28-13-18-19(25)4-3-5-20(18)26/h3-12H,13H2,1-2H3/b22-11-. The van der Waals surface area contributed by atoms with Crippen LogP contribution in [0.4, 0.5) is 8.78 Å². The molecular formula is C24H18F2O3. The van der Waals surface area contributed by atoms with Gasteiger partial charge in [0, 0.05) is 6.07 Å². The van der Waals surface area contributed by atoms with Crippen molar-refractivity contribution in [1.29, 1.82) is 0 Å². The third-order valence-corrected chi connectivity index (χ3v) is 4.76. The van der Waals surface area contributed by atoms with E-state index in [1.54, 1.807) is 25.1 Å². The van der Waals surface area contributed by atoms with Crippen LogP contribution in [0.1, 0.15) is 32.6 Å². The van der Waals surface area contributed by atoms with Crippen LogP contribution in [0.25, 0.3) is 6.08 Å². The molecule has 146 valence electrons. The summed E-state index contributed by atoms with van der Waals surface area (Å²) in [5.41, 5.74) is 2.97. The topological polar surface area (TPSA) is 35.5 Å². The van der Waals surface area contributed by atoms with Crippen LogP contribution in [0.3, 0.4) is 0 Å². The third kappa shape index (κ3) is 3.76. The number of Topliss-reactive ketones (excluding diaryl/α,β-unsaturated/α-hetero) is 1. The summed E-state index contributed by atoms with van der Waals surface area (Å²) < 4.78 is 38.9. The average Bonchev–Trinajstić information content (AvgIpc) is 2.99. The summed E-state index contributed by atoms with van der Waals surface area (Å²) in [6.07, 6.45) is 1.69. The van der Waals surface area contributed by atoms with Gasteiger partial charge in [-0.25, -0.2) is 8.78 Å². The highest BCUT2D eigenvalue weighted by Crippen LogP contribution is 2.37. The van der Waals surface area contributed by atoms with Gasteiger partial charge in [-0.15, -0.1) is 0 Å². The Bertz CT molecular complexity index is 1110. The number of allylic oxidation sites excluding steroid dienone is 1. The molecule has 1 aliphatic heterocycles. The van der Waals surface area contributed by atoms with Gasteiger partial charge in [0.2, 0.25) is 5.78 Å². The van der Waals surface area contributed by atoms with E-state index in [9.17, 15) is 13.6 Å². The van der Waals surface area contributed by atoms with E-state index in [0.29, 0.717) is 22.6 Å². The largest absolute Gasteiger partial charge is 0.489 e. The van der Waals surface area contributed by atoms with Crippen molar-refractivity contribution in [3.05, 3.63) is 99.8 Å². The maximum atomic E-state index is 13.8. The first-order valence-corrected chi connectivity index (χ1v) is 9.13. The molecule has 3 nitrogen and oxygen atoms in total. The van der Waals surface area contributed by atoms with Gasteiger partial charge in [0.1, 0.15) is 29.7 Å². The second-order valence-corrected chi connectivity index (χ2v) is 6.95. The van der Waals surface area contributed by atoms with Gasteiger partial charge in [-0.05, 0) is 49.2 Å². The first-order chi connectivity index (χ1) is 13.9. The molecule has 0 saturated carbocycles. The van der Waals surface area contributed by atoms with Gasteiger partial charge in [0.05, 0.1) is 11.1 Å². The Kier molecular flexibility index (Phi) is 4.89. The van der Waals surface area contributed by atoms with Crippen LogP contribution >= 0.6 is 0 Å². The highest BCUT2D eigenvalue weighted by Gasteiger charge is 2.30. The fourth-order valence-electron chi connectivity index (χ4n) is 3.20. The summed E-state index contributed by atoms with van der Waals surface area (Å²) in [5.74, 6) is -0.574. The molecule has 0 atom stereocenters. The minimum atomic E-state index is -0.669. The van der Waals surface area contributed by atoms with E-state index < -0.39 is 11.6 Å². The van der Waals surface area contributed by atoms with Crippen molar-refractivity contribution in [3.63, 3.8) is 0 Å². The second kappa shape index (κ2) is 7.51. The lowest BCUT2D eigenvalue weighted by Gasteiger charge is -2.10. The minimum absolute atomic E-state index is 0.150. The molecular weight excluding hydrogens is 374 g/mol. The Labute approximate surface area is 167 Å². The summed E-state index contributed by atoms with van der Waals surface area (Å²) >= 11 is 0. The van der Waals surface area contributed by atoms with Crippen molar-refractivity contribution < 1.29 is 23.0 Å². The van der Waals surface area contributed by atoms with Crippen LogP contribution < -0.4 is 9.47 Å². The summed E-state index contributed by atoms with van der Waals surface area (Å²) in [6.45, 7) is 3.49. The number of halogens is 2. The lowest BCUT2D eigenvalue weighted by molar-refractivity contribution is 0.101. The van der Waals surface area contributed by atoms with Crippen LogP contribution in [0.2, 0.25) is 0 Å². The Hall–Kier alpha value is -3.47. The first kappa shape index (κ1) is 18.9. The molecule has 0 fully saturated rings. The monoisotopic (exact) mass is 392 g/mol. The summed E-state index contributed by atoms with van der Waals surface area (Å²) in [7, 11) is 0. The zero-order valence-electron chi connectivity index (χ0n) is 16.0. The predicted molar refractivity (Wildman–Crippen MR) is 106 cm³/mol. The number of benzene rings is 3. The summed E-state index contributed by atoms with van der Waals surface area (Å²) in [6, 6.07) is 14.6. The SMILES string of the molecule is Cc1ccc(/C=C2\Oc3cc(OCc4c(F)cccc4F)cc(C)c3C2=O)cc1. The minimum Gasteiger partial charge on any atom is -0.489 e. The van der Waals surface area contributed by atoms with Crippen molar-refractivity contribution in [2.24, 2.45) is 0 Å². The smallest absolute Gasteiger partial charge is 0.232 e. The van der Waals surface area contributed by atoms with Gasteiger partial charge in [-0.3, -0.25) is 4.79 Å². The lowest BCUT2D eigenvalue weighted by atomic mass is 10.0. The van der Waals surface area contributed by atoms with Gasteiger partial charge in [0.15, 0.2) is 5.76 Å². The molecule has 0 saturated heterocycles. The molecule has 3 aromatic carbocycles. The van der Waals surface area contributed by atoms with Crippen LogP contribution in [-0.2, 0) is 6.61 Å². The van der Waals surface area contributed by atoms with Gasteiger partial charge in [-0.2, -0.15) is 0 Å². The van der Waals surface area contributed by atoms with Crippen LogP contribution in [0.5, 0.6) is 11.5 Å². The molecule has 1 aliphatic rings. The molecule has 3 aromatic rings. The van der Waals surface area contributed by atoms with Crippen molar-refractivity contribution in [2.45, 2.75) is 20.5 Å². The van der Waals surface area contributed by atoms with Crippen LogP contribution in [0.15, 0.2) is 60.4 Å². The van der Waals surface area contributed by atoms with Gasteiger partial charge < -0.3 is 9.47 Å². The highest BCUT2D eigenvalue weighted by atomic mass is 19.1.